The van der Waals surface area contributed by atoms with Crippen LogP contribution in [0.3, 0.4) is 0 Å². The molecular weight excluding hydrogens is 524 g/mol. The fraction of sp³-hybridized carbons (Fsp3) is 0.500. The Hall–Kier alpha value is -1.27. The van der Waals surface area contributed by atoms with Crippen molar-refractivity contribution in [3.05, 3.63) is 15.1 Å². The van der Waals surface area contributed by atoms with E-state index in [2.05, 4.69) is 35.4 Å². The van der Waals surface area contributed by atoms with Crippen LogP contribution in [-0.4, -0.2) is 79.1 Å². The molecule has 0 aliphatic carbocycles. The maximum atomic E-state index is 11.9. The van der Waals surface area contributed by atoms with E-state index in [0.717, 1.165) is 0 Å². The highest BCUT2D eigenvalue weighted by Crippen LogP contribution is 2.39. The van der Waals surface area contributed by atoms with Gasteiger partial charge in [-0.15, -0.1) is 0 Å². The van der Waals surface area contributed by atoms with Gasteiger partial charge in [-0.2, -0.15) is 4.98 Å². The highest BCUT2D eigenvalue weighted by Gasteiger charge is 2.46. The summed E-state index contributed by atoms with van der Waals surface area (Å²) in [5.74, 6) is -0.194. The molecule has 30 heavy (non-hydrogen) atoms. The van der Waals surface area contributed by atoms with E-state index in [1.54, 1.807) is 0 Å². The Morgan fingerprint density at radius 2 is 1.73 bits per heavy atom. The summed E-state index contributed by atoms with van der Waals surface area (Å²) < 4.78 is 30.6. The van der Waals surface area contributed by atoms with Crippen molar-refractivity contribution in [3.8, 4) is 0 Å². The van der Waals surface area contributed by atoms with Gasteiger partial charge in [-0.1, -0.05) is 0 Å². The van der Waals surface area contributed by atoms with E-state index < -0.39 is 52.4 Å². The molecule has 1 fully saturated rings. The molecule has 10 N–H and O–H groups in total. The van der Waals surface area contributed by atoms with Gasteiger partial charge >= 0.3 is 15.6 Å². The summed E-state index contributed by atoms with van der Waals surface area (Å²) in [6, 6.07) is 0. The second-order valence-corrected chi connectivity index (χ2v) is 8.70. The third-order valence-electron chi connectivity index (χ3n) is 3.52. The summed E-state index contributed by atoms with van der Waals surface area (Å²) in [6.45, 7) is -0.667. The number of halogens is 1. The fourth-order valence-electron chi connectivity index (χ4n) is 2.45. The average molecular weight is 540 g/mol. The number of anilines is 1. The van der Waals surface area contributed by atoms with Gasteiger partial charge in [0.2, 0.25) is 5.95 Å². The van der Waals surface area contributed by atoms with Gasteiger partial charge in [-0.05, 0) is 15.9 Å². The number of H-pyrrole nitrogens is 1. The van der Waals surface area contributed by atoms with Crippen LogP contribution in [0, 0.1) is 0 Å². The first-order valence-electron chi connectivity index (χ1n) is 7.51. The lowest BCUT2D eigenvalue weighted by molar-refractivity contribution is -0.0513. The topological polar surface area (TPSA) is 284 Å². The number of phosphoric acid groups is 2. The van der Waals surface area contributed by atoms with Crippen LogP contribution in [0.15, 0.2) is 9.53 Å². The Balaban J connectivity index is 0.000000575. The second kappa shape index (κ2) is 9.07. The van der Waals surface area contributed by atoms with Crippen LogP contribution in [0.1, 0.15) is 6.23 Å². The number of aliphatic hydroxyl groups excluding tert-OH is 2. The quantitative estimate of drug-likeness (QED) is 0.141. The monoisotopic (exact) mass is 539 g/mol. The van der Waals surface area contributed by atoms with Crippen LogP contribution in [-0.2, 0) is 18.4 Å². The number of imidazole rings is 1. The van der Waals surface area contributed by atoms with Crippen molar-refractivity contribution in [2.75, 3.05) is 12.3 Å². The molecule has 4 atom stereocenters. The highest BCUT2D eigenvalue weighted by atomic mass is 79.9. The Kier molecular flexibility index (Phi) is 7.56. The molecule has 0 unspecified atom stereocenters. The summed E-state index contributed by atoms with van der Waals surface area (Å²) >= 11 is 3.11. The summed E-state index contributed by atoms with van der Waals surface area (Å²) in [6.07, 6.45) is -5.52. The summed E-state index contributed by atoms with van der Waals surface area (Å²) in [5, 5.41) is 20.2. The standard InChI is InChI=1S/C10H13BrN5O8P.H3O4P/c11-9-13-3-6(14-10(12)15-7(3)19)16(9)8-5(18)4(17)2(24-8)1-23-25(20,21)22;1-5(2,3)4/h2,4-5,8,17-18H,1H2,(H2,20,21,22)(H3,12,14,15,19);(H3,1,2,3,4)/t2-,4-,5-,8-;/m1./s1. The molecule has 20 heteroatoms. The van der Waals surface area contributed by atoms with Gasteiger partial charge in [0.05, 0.1) is 6.61 Å². The zero-order valence-electron chi connectivity index (χ0n) is 14.4. The van der Waals surface area contributed by atoms with Gasteiger partial charge in [0.15, 0.2) is 22.1 Å². The molecule has 3 rings (SSSR count). The van der Waals surface area contributed by atoms with Crippen LogP contribution in [0.5, 0.6) is 0 Å². The molecule has 2 aromatic heterocycles. The van der Waals surface area contributed by atoms with Crippen molar-refractivity contribution in [1.29, 1.82) is 0 Å². The van der Waals surface area contributed by atoms with Crippen LogP contribution in [0.4, 0.5) is 5.95 Å². The first kappa shape index (κ1) is 25.0. The number of aliphatic hydroxyl groups is 2. The van der Waals surface area contributed by atoms with E-state index in [1.165, 1.54) is 4.57 Å². The smallest absolute Gasteiger partial charge is 0.387 e. The van der Waals surface area contributed by atoms with Gasteiger partial charge in [-0.25, -0.2) is 14.1 Å². The molecule has 0 aromatic carbocycles. The predicted octanol–water partition coefficient (Wildman–Crippen LogP) is -2.74. The molecule has 170 valence electrons. The Morgan fingerprint density at radius 3 is 2.27 bits per heavy atom. The normalized spacial score (nSPS) is 24.7. The summed E-state index contributed by atoms with van der Waals surface area (Å²) in [4.78, 5) is 61.1. The maximum Gasteiger partial charge on any atom is 0.469 e. The predicted molar refractivity (Wildman–Crippen MR) is 98.4 cm³/mol. The second-order valence-electron chi connectivity index (χ2n) is 5.72. The van der Waals surface area contributed by atoms with E-state index >= 15 is 0 Å². The lowest BCUT2D eigenvalue weighted by atomic mass is 10.1. The average Bonchev–Trinajstić information content (AvgIpc) is 3.01. The molecule has 0 amide bonds. The van der Waals surface area contributed by atoms with Crippen LogP contribution < -0.4 is 11.3 Å². The van der Waals surface area contributed by atoms with E-state index in [9.17, 15) is 19.6 Å². The van der Waals surface area contributed by atoms with E-state index in [1.807, 2.05) is 0 Å². The molecule has 3 heterocycles. The molecule has 1 saturated heterocycles. The van der Waals surface area contributed by atoms with Crippen molar-refractivity contribution in [2.24, 2.45) is 0 Å². The lowest BCUT2D eigenvalue weighted by Gasteiger charge is -2.17. The molecule has 0 spiro atoms. The van der Waals surface area contributed by atoms with Gasteiger partial charge in [-0.3, -0.25) is 18.9 Å². The number of nitrogens with two attached hydrogens (primary N) is 1. The van der Waals surface area contributed by atoms with Gasteiger partial charge in [0.1, 0.15) is 18.3 Å². The van der Waals surface area contributed by atoms with E-state index in [-0.39, 0.29) is 21.8 Å². The zero-order chi connectivity index (χ0) is 23.0. The van der Waals surface area contributed by atoms with Crippen molar-refractivity contribution < 1.29 is 53.1 Å². The largest absolute Gasteiger partial charge is 0.469 e. The Morgan fingerprint density at radius 1 is 1.17 bits per heavy atom. The number of hydrogen-bond acceptors (Lipinski definition) is 10. The van der Waals surface area contributed by atoms with E-state index in [0.29, 0.717) is 0 Å². The SMILES string of the molecule is Nc1nc2c(nc(Br)n2[C@@H]2O[C@H](COP(=O)(O)O)[C@@H](O)[C@H]2O)c(=O)[nH]1.O=P(O)(O)O. The van der Waals surface area contributed by atoms with Gasteiger partial charge < -0.3 is 45.2 Å². The van der Waals surface area contributed by atoms with Crippen molar-refractivity contribution in [3.63, 3.8) is 0 Å². The highest BCUT2D eigenvalue weighted by molar-refractivity contribution is 9.10. The summed E-state index contributed by atoms with van der Waals surface area (Å²) in [5.41, 5.74) is 4.79. The third-order valence-corrected chi connectivity index (χ3v) is 4.57. The lowest BCUT2D eigenvalue weighted by Crippen LogP contribution is -2.33. The number of aromatic amines is 1. The Bertz CT molecular complexity index is 1060. The summed E-state index contributed by atoms with van der Waals surface area (Å²) in [7, 11) is -9.42. The molecule has 0 saturated carbocycles. The number of fused-ring (bicyclic) bond motifs is 1. The number of nitrogen functional groups attached to an aromatic ring is 1. The van der Waals surface area contributed by atoms with Gasteiger partial charge in [0.25, 0.3) is 5.56 Å². The minimum absolute atomic E-state index is 0.0130. The number of nitrogens with one attached hydrogen (secondary N) is 1. The molecule has 1 aliphatic rings. The maximum absolute atomic E-state index is 11.9. The van der Waals surface area contributed by atoms with Crippen molar-refractivity contribution in [2.45, 2.75) is 24.5 Å². The minimum atomic E-state index is -4.78. The molecule has 0 bridgehead atoms. The number of nitrogens with zero attached hydrogens (tertiary/aromatic N) is 3. The number of aromatic nitrogens is 4. The fourth-order valence-corrected chi connectivity index (χ4v) is 3.34. The molecule has 17 nitrogen and oxygen atoms in total. The van der Waals surface area contributed by atoms with Crippen LogP contribution in [0.2, 0.25) is 0 Å². The first-order valence-corrected chi connectivity index (χ1v) is 11.4. The van der Waals surface area contributed by atoms with Crippen molar-refractivity contribution in [1.82, 2.24) is 19.5 Å². The number of hydrogen-bond donors (Lipinski definition) is 9. The molecule has 0 radical (unpaired) electrons. The zero-order valence-corrected chi connectivity index (χ0v) is 17.8. The number of ether oxygens (including phenoxy) is 1. The third kappa shape index (κ3) is 6.36. The molecule has 1 aliphatic heterocycles. The number of rotatable bonds is 4. The Labute approximate surface area is 173 Å². The van der Waals surface area contributed by atoms with Crippen LogP contribution >= 0.6 is 31.6 Å². The van der Waals surface area contributed by atoms with Gasteiger partial charge in [0, 0.05) is 0 Å². The first-order chi connectivity index (χ1) is 13.6. The van der Waals surface area contributed by atoms with Crippen LogP contribution in [0.25, 0.3) is 11.2 Å². The van der Waals surface area contributed by atoms with Crippen molar-refractivity contribution >= 4 is 48.7 Å². The molecule has 2 aromatic rings. The minimum Gasteiger partial charge on any atom is -0.387 e. The number of phosphoric ester groups is 1. The van der Waals surface area contributed by atoms with E-state index in [4.69, 9.17) is 39.5 Å². The molecular formula is C10H16BrN5O12P2.